The summed E-state index contributed by atoms with van der Waals surface area (Å²) in [6, 6.07) is 3.84. The second kappa shape index (κ2) is 7.64. The summed E-state index contributed by atoms with van der Waals surface area (Å²) in [5.41, 5.74) is -3.57. The van der Waals surface area contributed by atoms with Crippen molar-refractivity contribution in [2.24, 2.45) is 0 Å². The number of hydrogen-bond acceptors (Lipinski definition) is 2. The normalized spacial score (nSPS) is 19.9. The molecule has 0 bridgehead atoms. The third-order valence-electron chi connectivity index (χ3n) is 4.72. The Hall–Kier alpha value is -2.49. The molecule has 1 aliphatic heterocycles. The van der Waals surface area contributed by atoms with E-state index in [9.17, 15) is 35.5 Å². The second-order valence-electron chi connectivity index (χ2n) is 6.71. The first-order valence-corrected chi connectivity index (χ1v) is 8.86. The molecule has 0 radical (unpaired) electrons. The molecule has 1 saturated heterocycles. The molecule has 1 aliphatic rings. The quantitative estimate of drug-likeness (QED) is 0.488. The topological polar surface area (TPSA) is 29.5 Å². The number of carbonyl (C=O) groups excluding carboxylic acids is 1. The lowest BCUT2D eigenvalue weighted by molar-refractivity contribution is -0.143. The summed E-state index contributed by atoms with van der Waals surface area (Å²) in [6.07, 6.45) is -12.5. The summed E-state index contributed by atoms with van der Waals surface area (Å²) in [5.74, 6) is -0.718. The number of ether oxygens (including phenoxy) is 1. The van der Waals surface area contributed by atoms with Crippen molar-refractivity contribution in [1.29, 1.82) is 0 Å². The summed E-state index contributed by atoms with van der Waals surface area (Å²) in [7, 11) is 0. The number of nitrogens with zero attached hydrogens (tertiary/aromatic N) is 1. The van der Waals surface area contributed by atoms with Gasteiger partial charge in [0.2, 0.25) is 0 Å². The van der Waals surface area contributed by atoms with Gasteiger partial charge in [0.05, 0.1) is 23.7 Å². The molecule has 0 N–H and O–H groups in total. The Morgan fingerprint density at radius 1 is 1.03 bits per heavy atom. The SMILES string of the molecule is C[C@H]1[C@@H](c2cc(C(F)(F)F)cc(C(F)(F)F)c2)OC(=O)N1Cc1c(F)cccc1Cl. The van der Waals surface area contributed by atoms with Crippen LogP contribution in [-0.2, 0) is 23.6 Å². The number of alkyl halides is 6. The van der Waals surface area contributed by atoms with Gasteiger partial charge in [0.25, 0.3) is 0 Å². The highest BCUT2D eigenvalue weighted by Gasteiger charge is 2.43. The minimum absolute atomic E-state index is 0.0110. The maximum absolute atomic E-state index is 14.0. The molecule has 3 rings (SSSR count). The number of benzene rings is 2. The van der Waals surface area contributed by atoms with Crippen molar-refractivity contribution < 1.29 is 40.3 Å². The van der Waals surface area contributed by atoms with Gasteiger partial charge in [-0.25, -0.2) is 9.18 Å². The Morgan fingerprint density at radius 3 is 2.10 bits per heavy atom. The maximum Gasteiger partial charge on any atom is 0.416 e. The van der Waals surface area contributed by atoms with Gasteiger partial charge in [0, 0.05) is 10.6 Å². The van der Waals surface area contributed by atoms with E-state index in [0.29, 0.717) is 12.1 Å². The Labute approximate surface area is 171 Å². The minimum atomic E-state index is -5.04. The number of halogens is 8. The van der Waals surface area contributed by atoms with Crippen LogP contribution in [0.4, 0.5) is 35.5 Å². The lowest BCUT2D eigenvalue weighted by Crippen LogP contribution is -2.32. The summed E-state index contributed by atoms with van der Waals surface area (Å²) in [4.78, 5) is 13.2. The largest absolute Gasteiger partial charge is 0.439 e. The van der Waals surface area contributed by atoms with Gasteiger partial charge in [-0.15, -0.1) is 0 Å². The fourth-order valence-corrected chi connectivity index (χ4v) is 3.38. The van der Waals surface area contributed by atoms with E-state index >= 15 is 0 Å². The van der Waals surface area contributed by atoms with Crippen LogP contribution in [0.1, 0.15) is 35.3 Å². The highest BCUT2D eigenvalue weighted by atomic mass is 35.5. The summed E-state index contributed by atoms with van der Waals surface area (Å²) in [5, 5.41) is 0.0110. The van der Waals surface area contributed by atoms with Gasteiger partial charge in [-0.3, -0.25) is 4.90 Å². The van der Waals surface area contributed by atoms with Gasteiger partial charge in [0.1, 0.15) is 11.9 Å². The minimum Gasteiger partial charge on any atom is -0.439 e. The summed E-state index contributed by atoms with van der Waals surface area (Å²) in [6.45, 7) is 1.00. The molecule has 1 fully saturated rings. The van der Waals surface area contributed by atoms with E-state index in [0.717, 1.165) is 11.0 Å². The third kappa shape index (κ3) is 4.33. The molecule has 0 aromatic heterocycles. The van der Waals surface area contributed by atoms with E-state index < -0.39 is 53.1 Å². The van der Waals surface area contributed by atoms with Crippen molar-refractivity contribution >= 4 is 17.7 Å². The Bertz CT molecular complexity index is 922. The van der Waals surface area contributed by atoms with Crippen LogP contribution in [0, 0.1) is 5.82 Å². The molecule has 11 heteroatoms. The van der Waals surface area contributed by atoms with Gasteiger partial charge in [-0.1, -0.05) is 17.7 Å². The number of cyclic esters (lactones) is 1. The van der Waals surface area contributed by atoms with Crippen LogP contribution in [-0.4, -0.2) is 17.0 Å². The van der Waals surface area contributed by atoms with Crippen molar-refractivity contribution in [3.05, 3.63) is 69.5 Å². The van der Waals surface area contributed by atoms with Crippen LogP contribution in [0.25, 0.3) is 0 Å². The zero-order valence-corrected chi connectivity index (χ0v) is 15.9. The molecule has 0 saturated carbocycles. The Kier molecular flexibility index (Phi) is 5.66. The first kappa shape index (κ1) is 22.2. The molecule has 0 aliphatic carbocycles. The molecule has 0 spiro atoms. The maximum atomic E-state index is 14.0. The average Bonchev–Trinajstić information content (AvgIpc) is 2.91. The predicted octanol–water partition coefficient (Wildman–Crippen LogP) is 6.60. The summed E-state index contributed by atoms with van der Waals surface area (Å²) < 4.78 is 97.7. The second-order valence-corrected chi connectivity index (χ2v) is 7.12. The summed E-state index contributed by atoms with van der Waals surface area (Å²) >= 11 is 5.93. The van der Waals surface area contributed by atoms with E-state index in [2.05, 4.69) is 0 Å². The first-order valence-electron chi connectivity index (χ1n) is 8.48. The van der Waals surface area contributed by atoms with E-state index in [1.807, 2.05) is 0 Å². The molecule has 3 nitrogen and oxygen atoms in total. The molecule has 2 atom stereocenters. The van der Waals surface area contributed by atoms with E-state index in [1.165, 1.54) is 19.1 Å². The monoisotopic (exact) mass is 455 g/mol. The van der Waals surface area contributed by atoms with Crippen molar-refractivity contribution in [2.45, 2.75) is 38.0 Å². The zero-order valence-electron chi connectivity index (χ0n) is 15.1. The number of hydrogen-bond donors (Lipinski definition) is 0. The van der Waals surface area contributed by atoms with Gasteiger partial charge < -0.3 is 4.74 Å². The molecule has 2 aromatic rings. The van der Waals surface area contributed by atoms with Gasteiger partial charge in [-0.05, 0) is 42.8 Å². The van der Waals surface area contributed by atoms with Crippen molar-refractivity contribution in [1.82, 2.24) is 4.90 Å². The van der Waals surface area contributed by atoms with Crippen molar-refractivity contribution in [2.75, 3.05) is 0 Å². The van der Waals surface area contributed by atoms with E-state index in [4.69, 9.17) is 16.3 Å². The Morgan fingerprint density at radius 2 is 1.60 bits per heavy atom. The fourth-order valence-electron chi connectivity index (χ4n) is 3.16. The highest BCUT2D eigenvalue weighted by molar-refractivity contribution is 6.31. The number of carbonyl (C=O) groups is 1. The molecular weight excluding hydrogens is 443 g/mol. The molecule has 1 amide bonds. The van der Waals surface area contributed by atoms with Crippen LogP contribution in [0.3, 0.4) is 0 Å². The van der Waals surface area contributed by atoms with Gasteiger partial charge in [-0.2, -0.15) is 26.3 Å². The lowest BCUT2D eigenvalue weighted by Gasteiger charge is -2.23. The highest BCUT2D eigenvalue weighted by Crippen LogP contribution is 2.41. The van der Waals surface area contributed by atoms with Crippen molar-refractivity contribution in [3.63, 3.8) is 0 Å². The first-order chi connectivity index (χ1) is 13.8. The van der Waals surface area contributed by atoms with Crippen LogP contribution in [0.15, 0.2) is 36.4 Å². The molecular formula is C19H13ClF7NO2. The van der Waals surface area contributed by atoms with E-state index in [1.54, 1.807) is 0 Å². The van der Waals surface area contributed by atoms with Gasteiger partial charge >= 0.3 is 18.4 Å². The standard InChI is InChI=1S/C19H13ClF7NO2/c1-9-16(10-5-11(18(22,23)24)7-12(6-10)19(25,26)27)30-17(29)28(9)8-13-14(20)3-2-4-15(13)21/h2-7,9,16H,8H2,1H3/t9-,16-/m0/s1. The van der Waals surface area contributed by atoms with Crippen LogP contribution >= 0.6 is 11.6 Å². The Balaban J connectivity index is 1.98. The van der Waals surface area contributed by atoms with Crippen molar-refractivity contribution in [3.8, 4) is 0 Å². The van der Waals surface area contributed by atoms with E-state index in [-0.39, 0.29) is 23.2 Å². The molecule has 162 valence electrons. The molecule has 1 heterocycles. The smallest absolute Gasteiger partial charge is 0.416 e. The molecule has 0 unspecified atom stereocenters. The van der Waals surface area contributed by atoms with Crippen LogP contribution < -0.4 is 0 Å². The molecule has 30 heavy (non-hydrogen) atoms. The predicted molar refractivity (Wildman–Crippen MR) is 92.1 cm³/mol. The average molecular weight is 456 g/mol. The number of amides is 1. The van der Waals surface area contributed by atoms with Gasteiger partial charge in [0.15, 0.2) is 0 Å². The third-order valence-corrected chi connectivity index (χ3v) is 5.07. The number of rotatable bonds is 3. The molecule has 2 aromatic carbocycles. The van der Waals surface area contributed by atoms with Crippen LogP contribution in [0.5, 0.6) is 0 Å². The zero-order chi connectivity index (χ0) is 22.4. The fraction of sp³-hybridized carbons (Fsp3) is 0.316. The lowest BCUT2D eigenvalue weighted by atomic mass is 9.97. The van der Waals surface area contributed by atoms with Crippen LogP contribution in [0.2, 0.25) is 5.02 Å².